The van der Waals surface area contributed by atoms with Gasteiger partial charge in [-0.15, -0.1) is 12.4 Å². The number of urea groups is 1. The number of carbonyl (C=O) groups is 2. The summed E-state index contributed by atoms with van der Waals surface area (Å²) in [6.45, 7) is 2.66. The topological polar surface area (TPSA) is 88.5 Å². The molecule has 3 fully saturated rings. The number of halogens is 1. The predicted molar refractivity (Wildman–Crippen MR) is 91.6 cm³/mol. The third-order valence-electron chi connectivity index (χ3n) is 5.52. The number of likely N-dealkylation sites (tertiary alicyclic amines) is 2. The molecule has 3 aliphatic rings. The minimum Gasteiger partial charge on any atom is -0.341 e. The van der Waals surface area contributed by atoms with Gasteiger partial charge in [-0.3, -0.25) is 4.79 Å². The van der Waals surface area contributed by atoms with Gasteiger partial charge in [0.05, 0.1) is 12.6 Å². The van der Waals surface area contributed by atoms with Crippen molar-refractivity contribution in [1.82, 2.24) is 20.4 Å². The van der Waals surface area contributed by atoms with Crippen LogP contribution in [0.3, 0.4) is 0 Å². The van der Waals surface area contributed by atoms with E-state index in [0.29, 0.717) is 31.0 Å². The fraction of sp³-hybridized carbons (Fsp3) is 0.812. The van der Waals surface area contributed by atoms with Gasteiger partial charge in [-0.05, 0) is 37.5 Å². The van der Waals surface area contributed by atoms with Gasteiger partial charge in [0.25, 0.3) is 0 Å². The average Bonchev–Trinajstić information content (AvgIpc) is 3.24. The largest absolute Gasteiger partial charge is 0.341 e. The van der Waals surface area contributed by atoms with Gasteiger partial charge in [0.15, 0.2) is 0 Å². The minimum atomic E-state index is -0.242. The molecule has 1 saturated carbocycles. The molecule has 2 saturated heterocycles. The fourth-order valence-electron chi connectivity index (χ4n) is 4.32. The van der Waals surface area contributed by atoms with Crippen LogP contribution in [0.25, 0.3) is 0 Å². The molecule has 1 aliphatic carbocycles. The third-order valence-corrected chi connectivity index (χ3v) is 5.52. The quantitative estimate of drug-likeness (QED) is 0.774. The molecule has 0 aromatic carbocycles. The molecule has 2 unspecified atom stereocenters. The molecule has 2 aliphatic heterocycles. The van der Waals surface area contributed by atoms with Crippen molar-refractivity contribution in [1.29, 1.82) is 5.26 Å². The zero-order valence-corrected chi connectivity index (χ0v) is 14.8. The third kappa shape index (κ3) is 3.76. The van der Waals surface area contributed by atoms with Crippen LogP contribution in [0.15, 0.2) is 0 Å². The van der Waals surface area contributed by atoms with E-state index in [9.17, 15) is 9.59 Å². The normalized spacial score (nSPS) is 31.3. The second-order valence-electron chi connectivity index (χ2n) is 6.90. The molecule has 0 aromatic rings. The molecule has 8 heteroatoms. The highest BCUT2D eigenvalue weighted by molar-refractivity contribution is 5.85. The minimum absolute atomic E-state index is 0. The molecule has 0 bridgehead atoms. The summed E-state index contributed by atoms with van der Waals surface area (Å²) in [5, 5.41) is 15.1. The van der Waals surface area contributed by atoms with Gasteiger partial charge in [0.2, 0.25) is 5.91 Å². The molecule has 2 N–H and O–H groups in total. The van der Waals surface area contributed by atoms with Crippen LogP contribution >= 0.6 is 12.4 Å². The van der Waals surface area contributed by atoms with Gasteiger partial charge in [-0.25, -0.2) is 4.79 Å². The number of nitriles is 1. The lowest BCUT2D eigenvalue weighted by molar-refractivity contribution is -0.130. The summed E-state index contributed by atoms with van der Waals surface area (Å²) in [6.07, 6.45) is 3.76. The standard InChI is InChI=1S/C16H25N5O2.ClH/c1-18-16(23)20-9-11-5-13(6-12(11)10-20)19-8-15(22)21-4-2-3-14(21)7-17;/h11-14,19H,2-6,8-10H2,1H3,(H,18,23);1H/t11-,12+,13?,14?;. The average molecular weight is 356 g/mol. The Balaban J connectivity index is 0.00000208. The van der Waals surface area contributed by atoms with Gasteiger partial charge < -0.3 is 20.4 Å². The summed E-state index contributed by atoms with van der Waals surface area (Å²) >= 11 is 0. The Morgan fingerprint density at radius 2 is 1.92 bits per heavy atom. The highest BCUT2D eigenvalue weighted by Crippen LogP contribution is 2.38. The smallest absolute Gasteiger partial charge is 0.317 e. The number of nitrogens with zero attached hydrogens (tertiary/aromatic N) is 3. The van der Waals surface area contributed by atoms with Crippen LogP contribution in [0.5, 0.6) is 0 Å². The Morgan fingerprint density at radius 3 is 2.50 bits per heavy atom. The van der Waals surface area contributed by atoms with Gasteiger partial charge in [0.1, 0.15) is 6.04 Å². The lowest BCUT2D eigenvalue weighted by Gasteiger charge is -2.22. The summed E-state index contributed by atoms with van der Waals surface area (Å²) < 4.78 is 0. The van der Waals surface area contributed by atoms with Gasteiger partial charge >= 0.3 is 6.03 Å². The maximum absolute atomic E-state index is 12.2. The van der Waals surface area contributed by atoms with Crippen LogP contribution in [0.1, 0.15) is 25.7 Å². The molecule has 0 aromatic heterocycles. The van der Waals surface area contributed by atoms with E-state index in [1.54, 1.807) is 11.9 Å². The number of hydrogen-bond donors (Lipinski definition) is 2. The van der Waals surface area contributed by atoms with Crippen LogP contribution in [0.4, 0.5) is 4.79 Å². The second kappa shape index (κ2) is 8.04. The van der Waals surface area contributed by atoms with Crippen molar-refractivity contribution in [2.75, 3.05) is 33.2 Å². The molecule has 3 rings (SSSR count). The maximum atomic E-state index is 12.2. The zero-order valence-electron chi connectivity index (χ0n) is 14.0. The van der Waals surface area contributed by atoms with E-state index >= 15 is 0 Å². The van der Waals surface area contributed by atoms with Crippen LogP contribution in [0.2, 0.25) is 0 Å². The van der Waals surface area contributed by atoms with E-state index in [4.69, 9.17) is 5.26 Å². The van der Waals surface area contributed by atoms with E-state index < -0.39 is 0 Å². The summed E-state index contributed by atoms with van der Waals surface area (Å²) in [5.41, 5.74) is 0. The first-order chi connectivity index (χ1) is 11.1. The Bertz CT molecular complexity index is 509. The van der Waals surface area contributed by atoms with E-state index in [2.05, 4.69) is 16.7 Å². The fourth-order valence-corrected chi connectivity index (χ4v) is 4.32. The van der Waals surface area contributed by atoms with E-state index in [-0.39, 0.29) is 30.4 Å². The van der Waals surface area contributed by atoms with E-state index in [1.165, 1.54) is 0 Å². The molecule has 7 nitrogen and oxygen atoms in total. The van der Waals surface area contributed by atoms with Crippen molar-refractivity contribution >= 4 is 24.3 Å². The zero-order chi connectivity index (χ0) is 16.4. The monoisotopic (exact) mass is 355 g/mol. The Kier molecular flexibility index (Phi) is 6.30. The van der Waals surface area contributed by atoms with Gasteiger partial charge in [-0.1, -0.05) is 0 Å². The summed E-state index contributed by atoms with van der Waals surface area (Å²) in [5.74, 6) is 1.12. The first-order valence-electron chi connectivity index (χ1n) is 8.51. The SMILES string of the molecule is CNC(=O)N1C[C@H]2CC(NCC(=O)N3CCCC3C#N)C[C@H]2C1.Cl. The van der Waals surface area contributed by atoms with Crippen molar-refractivity contribution in [3.05, 3.63) is 0 Å². The van der Waals surface area contributed by atoms with Crippen molar-refractivity contribution in [2.24, 2.45) is 11.8 Å². The van der Waals surface area contributed by atoms with Crippen LogP contribution in [-0.2, 0) is 4.79 Å². The predicted octanol–water partition coefficient (Wildman–Crippen LogP) is 0.562. The Labute approximate surface area is 149 Å². The Hall–Kier alpha value is -1.52. The number of hydrogen-bond acceptors (Lipinski definition) is 4. The van der Waals surface area contributed by atoms with Gasteiger partial charge in [-0.2, -0.15) is 5.26 Å². The summed E-state index contributed by atoms with van der Waals surface area (Å²) in [7, 11) is 1.67. The molecule has 3 amide bonds. The van der Waals surface area contributed by atoms with Crippen LogP contribution in [0, 0.1) is 23.2 Å². The van der Waals surface area contributed by atoms with E-state index in [0.717, 1.165) is 38.8 Å². The first kappa shape index (κ1) is 18.8. The molecule has 4 atom stereocenters. The van der Waals surface area contributed by atoms with Crippen LogP contribution in [-0.4, -0.2) is 67.0 Å². The van der Waals surface area contributed by atoms with Gasteiger partial charge in [0, 0.05) is 32.7 Å². The molecule has 0 spiro atoms. The van der Waals surface area contributed by atoms with Crippen molar-refractivity contribution in [3.63, 3.8) is 0 Å². The summed E-state index contributed by atoms with van der Waals surface area (Å²) in [4.78, 5) is 27.5. The highest BCUT2D eigenvalue weighted by atomic mass is 35.5. The molecule has 2 heterocycles. The first-order valence-corrected chi connectivity index (χ1v) is 8.51. The molecule has 24 heavy (non-hydrogen) atoms. The molecule has 134 valence electrons. The molecular weight excluding hydrogens is 330 g/mol. The number of amides is 3. The van der Waals surface area contributed by atoms with Crippen molar-refractivity contribution < 1.29 is 9.59 Å². The lowest BCUT2D eigenvalue weighted by atomic mass is 10.0. The molecule has 0 radical (unpaired) electrons. The maximum Gasteiger partial charge on any atom is 0.317 e. The van der Waals surface area contributed by atoms with Crippen LogP contribution < -0.4 is 10.6 Å². The van der Waals surface area contributed by atoms with Crippen molar-refractivity contribution in [3.8, 4) is 6.07 Å². The number of rotatable bonds is 3. The highest BCUT2D eigenvalue weighted by Gasteiger charge is 2.42. The van der Waals surface area contributed by atoms with E-state index in [1.807, 2.05) is 4.90 Å². The number of fused-ring (bicyclic) bond motifs is 1. The Morgan fingerprint density at radius 1 is 1.25 bits per heavy atom. The number of nitrogens with one attached hydrogen (secondary N) is 2. The summed E-state index contributed by atoms with van der Waals surface area (Å²) in [6, 6.07) is 2.33. The second-order valence-corrected chi connectivity index (χ2v) is 6.90. The lowest BCUT2D eigenvalue weighted by Crippen LogP contribution is -2.43. The molecular formula is C16H26ClN5O2. The number of carbonyl (C=O) groups excluding carboxylic acids is 2. The van der Waals surface area contributed by atoms with Crippen molar-refractivity contribution in [2.45, 2.75) is 37.8 Å².